The van der Waals surface area contributed by atoms with E-state index in [1.54, 1.807) is 0 Å². The van der Waals surface area contributed by atoms with Gasteiger partial charge in [0.2, 0.25) is 0 Å². The molecule has 1 heterocycles. The van der Waals surface area contributed by atoms with Gasteiger partial charge in [-0.15, -0.1) is 0 Å². The first-order valence-corrected chi connectivity index (χ1v) is 5.20. The summed E-state index contributed by atoms with van der Waals surface area (Å²) >= 11 is 0. The van der Waals surface area contributed by atoms with E-state index in [0.717, 1.165) is 16.2 Å². The Bertz CT molecular complexity index is 737. The maximum Gasteiger partial charge on any atom is 0.251 e. The molecule has 0 fully saturated rings. The summed E-state index contributed by atoms with van der Waals surface area (Å²) in [5.74, 6) is -0.485. The van der Waals surface area contributed by atoms with Crippen LogP contribution in [0.3, 0.4) is 0 Å². The predicted octanol–water partition coefficient (Wildman–Crippen LogP) is 1.88. The third kappa shape index (κ3) is 1.42. The number of primary amides is 1. The predicted molar refractivity (Wildman–Crippen MR) is 65.6 cm³/mol. The molecule has 1 aromatic heterocycles. The Morgan fingerprint density at radius 2 is 1.94 bits per heavy atom. The first-order chi connectivity index (χ1) is 8.27. The average Bonchev–Trinajstić information content (AvgIpc) is 2.37. The van der Waals surface area contributed by atoms with Gasteiger partial charge >= 0.3 is 0 Å². The number of carbonyl (C=O) groups excluding carboxylic acids is 1. The molecule has 4 heteroatoms. The molecule has 0 aliphatic heterocycles. The normalized spacial score (nSPS) is 10.8. The van der Waals surface area contributed by atoms with Crippen molar-refractivity contribution in [1.82, 2.24) is 10.2 Å². The number of nitrogens with two attached hydrogens (primary N) is 1. The fraction of sp³-hybridized carbons (Fsp3) is 0. The monoisotopic (exact) mass is 223 g/mol. The van der Waals surface area contributed by atoms with Gasteiger partial charge in [-0.05, 0) is 16.8 Å². The number of rotatable bonds is 1. The lowest BCUT2D eigenvalue weighted by atomic mass is 10.0. The van der Waals surface area contributed by atoms with E-state index in [0.29, 0.717) is 11.1 Å². The summed E-state index contributed by atoms with van der Waals surface area (Å²) in [5.41, 5.74) is 6.45. The van der Waals surface area contributed by atoms with Gasteiger partial charge in [0, 0.05) is 5.39 Å². The molecule has 0 unspecified atom stereocenters. The van der Waals surface area contributed by atoms with Crippen LogP contribution in [0.2, 0.25) is 0 Å². The topological polar surface area (TPSA) is 68.9 Å². The van der Waals surface area contributed by atoms with Crippen LogP contribution >= 0.6 is 0 Å². The Morgan fingerprint density at radius 3 is 2.76 bits per heavy atom. The van der Waals surface area contributed by atoms with Gasteiger partial charge in [0.05, 0.1) is 17.3 Å². The molecular formula is C13H9N3O. The molecule has 4 nitrogen and oxygen atoms in total. The van der Waals surface area contributed by atoms with Crippen molar-refractivity contribution in [2.45, 2.75) is 0 Å². The fourth-order valence-corrected chi connectivity index (χ4v) is 2.03. The zero-order valence-electron chi connectivity index (χ0n) is 8.92. The highest BCUT2D eigenvalue weighted by Crippen LogP contribution is 2.25. The fourth-order valence-electron chi connectivity index (χ4n) is 2.03. The van der Waals surface area contributed by atoms with Crippen LogP contribution < -0.4 is 5.73 Å². The maximum atomic E-state index is 11.4. The molecule has 0 atom stereocenters. The third-order valence-electron chi connectivity index (χ3n) is 2.79. The van der Waals surface area contributed by atoms with E-state index in [4.69, 9.17) is 5.73 Å². The zero-order valence-corrected chi connectivity index (χ0v) is 8.92. The van der Waals surface area contributed by atoms with E-state index in [2.05, 4.69) is 10.2 Å². The summed E-state index contributed by atoms with van der Waals surface area (Å²) in [5, 5.41) is 10.6. The molecule has 3 aromatic rings. The van der Waals surface area contributed by atoms with Gasteiger partial charge in [0.15, 0.2) is 0 Å². The lowest BCUT2D eigenvalue weighted by Crippen LogP contribution is -2.12. The number of hydrogen-bond donors (Lipinski definition) is 1. The largest absolute Gasteiger partial charge is 0.366 e. The lowest BCUT2D eigenvalue weighted by molar-refractivity contribution is 0.100. The smallest absolute Gasteiger partial charge is 0.251 e. The van der Waals surface area contributed by atoms with Gasteiger partial charge in [0.25, 0.3) is 5.91 Å². The van der Waals surface area contributed by atoms with Gasteiger partial charge in [-0.1, -0.05) is 30.3 Å². The van der Waals surface area contributed by atoms with Crippen LogP contribution in [0.5, 0.6) is 0 Å². The lowest BCUT2D eigenvalue weighted by Gasteiger charge is -2.05. The number of amides is 1. The van der Waals surface area contributed by atoms with E-state index in [9.17, 15) is 4.79 Å². The number of carbonyl (C=O) groups is 1. The first kappa shape index (κ1) is 9.72. The summed E-state index contributed by atoms with van der Waals surface area (Å²) in [6.45, 7) is 0. The van der Waals surface area contributed by atoms with Crippen molar-refractivity contribution < 1.29 is 4.79 Å². The van der Waals surface area contributed by atoms with Gasteiger partial charge in [0.1, 0.15) is 0 Å². The molecule has 2 aromatic carbocycles. The molecule has 82 valence electrons. The second-order valence-corrected chi connectivity index (χ2v) is 3.80. The maximum absolute atomic E-state index is 11.4. The van der Waals surface area contributed by atoms with E-state index >= 15 is 0 Å². The van der Waals surface area contributed by atoms with Crippen LogP contribution in [-0.2, 0) is 0 Å². The molecular weight excluding hydrogens is 214 g/mol. The van der Waals surface area contributed by atoms with Crippen molar-refractivity contribution in [3.63, 3.8) is 0 Å². The Balaban J connectivity index is 2.59. The van der Waals surface area contributed by atoms with Crippen LogP contribution in [0.15, 0.2) is 42.6 Å². The first-order valence-electron chi connectivity index (χ1n) is 5.20. The van der Waals surface area contributed by atoms with Gasteiger partial charge in [-0.3, -0.25) is 4.79 Å². The van der Waals surface area contributed by atoms with E-state index in [1.165, 1.54) is 6.20 Å². The SMILES string of the molecule is NC(=O)c1cnnc2ccc3ccccc3c12. The summed E-state index contributed by atoms with van der Waals surface area (Å²) in [6.07, 6.45) is 1.41. The number of hydrogen-bond acceptors (Lipinski definition) is 3. The van der Waals surface area contributed by atoms with Crippen molar-refractivity contribution in [2.75, 3.05) is 0 Å². The quantitative estimate of drug-likeness (QED) is 0.640. The summed E-state index contributed by atoms with van der Waals surface area (Å²) in [4.78, 5) is 11.4. The molecule has 0 aliphatic carbocycles. The van der Waals surface area contributed by atoms with Crippen molar-refractivity contribution in [1.29, 1.82) is 0 Å². The molecule has 1 amide bonds. The minimum Gasteiger partial charge on any atom is -0.366 e. The highest BCUT2D eigenvalue weighted by molar-refractivity contribution is 6.15. The van der Waals surface area contributed by atoms with Crippen LogP contribution in [0.25, 0.3) is 21.7 Å². The zero-order chi connectivity index (χ0) is 11.8. The van der Waals surface area contributed by atoms with E-state index in [1.807, 2.05) is 36.4 Å². The minimum absolute atomic E-state index is 0.409. The minimum atomic E-state index is -0.485. The molecule has 0 saturated carbocycles. The van der Waals surface area contributed by atoms with Crippen molar-refractivity contribution in [3.8, 4) is 0 Å². The van der Waals surface area contributed by atoms with Crippen LogP contribution in [0.4, 0.5) is 0 Å². The van der Waals surface area contributed by atoms with E-state index < -0.39 is 5.91 Å². The standard InChI is InChI=1S/C13H9N3O/c14-13(17)10-7-15-16-11-6-5-8-3-1-2-4-9(8)12(10)11/h1-7H,(H2,14,17). The van der Waals surface area contributed by atoms with Crippen LogP contribution in [-0.4, -0.2) is 16.1 Å². The number of aromatic nitrogens is 2. The summed E-state index contributed by atoms with van der Waals surface area (Å²) in [6, 6.07) is 11.6. The van der Waals surface area contributed by atoms with Crippen molar-refractivity contribution in [3.05, 3.63) is 48.2 Å². The Labute approximate surface area is 97.1 Å². The summed E-state index contributed by atoms with van der Waals surface area (Å²) < 4.78 is 0. The third-order valence-corrected chi connectivity index (χ3v) is 2.79. The Morgan fingerprint density at radius 1 is 1.12 bits per heavy atom. The van der Waals surface area contributed by atoms with Gasteiger partial charge in [-0.2, -0.15) is 10.2 Å². The molecule has 0 radical (unpaired) electrons. The summed E-state index contributed by atoms with van der Waals surface area (Å²) in [7, 11) is 0. The molecule has 17 heavy (non-hydrogen) atoms. The van der Waals surface area contributed by atoms with E-state index in [-0.39, 0.29) is 0 Å². The number of benzene rings is 2. The number of nitrogens with zero attached hydrogens (tertiary/aromatic N) is 2. The average molecular weight is 223 g/mol. The molecule has 0 bridgehead atoms. The molecule has 0 saturated heterocycles. The molecule has 0 aliphatic rings. The van der Waals surface area contributed by atoms with Crippen molar-refractivity contribution >= 4 is 27.6 Å². The Hall–Kier alpha value is -2.49. The van der Waals surface area contributed by atoms with Gasteiger partial charge < -0.3 is 5.73 Å². The second-order valence-electron chi connectivity index (χ2n) is 3.80. The van der Waals surface area contributed by atoms with Crippen LogP contribution in [0, 0.1) is 0 Å². The van der Waals surface area contributed by atoms with Crippen molar-refractivity contribution in [2.24, 2.45) is 5.73 Å². The Kier molecular flexibility index (Phi) is 2.01. The highest BCUT2D eigenvalue weighted by atomic mass is 16.1. The van der Waals surface area contributed by atoms with Crippen LogP contribution in [0.1, 0.15) is 10.4 Å². The number of fused-ring (bicyclic) bond motifs is 3. The highest BCUT2D eigenvalue weighted by Gasteiger charge is 2.10. The second kappa shape index (κ2) is 3.52. The molecule has 2 N–H and O–H groups in total. The van der Waals surface area contributed by atoms with Gasteiger partial charge in [-0.25, -0.2) is 0 Å². The molecule has 3 rings (SSSR count). The molecule has 0 spiro atoms.